The molecule has 0 spiro atoms. The number of aryl methyl sites for hydroxylation is 3. The van der Waals surface area contributed by atoms with Crippen LogP contribution in [0.5, 0.6) is 5.75 Å². The number of nitrogens with zero attached hydrogens (tertiary/aromatic N) is 2. The normalized spacial score (nSPS) is 14.8. The summed E-state index contributed by atoms with van der Waals surface area (Å²) in [5.41, 5.74) is 3.53. The molecule has 5 nitrogen and oxygen atoms in total. The molecular weight excluding hydrogens is 328 g/mol. The minimum Gasteiger partial charge on any atom is -0.491 e. The number of hydrogen-bond acceptors (Lipinski definition) is 4. The van der Waals surface area contributed by atoms with Gasteiger partial charge in [0.2, 0.25) is 5.91 Å². The van der Waals surface area contributed by atoms with E-state index in [0.29, 0.717) is 32.9 Å². The Labute approximate surface area is 151 Å². The molecule has 0 saturated carbocycles. The first-order valence-electron chi connectivity index (χ1n) is 8.22. The number of halogens is 1. The molecule has 0 unspecified atom stereocenters. The number of carbonyl (C=O) groups is 1. The highest BCUT2D eigenvalue weighted by Gasteiger charge is 2.17. The molecule has 1 aromatic carbocycles. The Kier molecular flexibility index (Phi) is 8.53. The van der Waals surface area contributed by atoms with Crippen molar-refractivity contribution in [3.8, 4) is 5.75 Å². The number of morpholine rings is 1. The molecule has 1 aliphatic rings. The Morgan fingerprint density at radius 2 is 1.79 bits per heavy atom. The molecular formula is C18H29ClN2O3. The molecule has 2 rings (SSSR count). The third kappa shape index (κ3) is 5.96. The van der Waals surface area contributed by atoms with Gasteiger partial charge in [0.25, 0.3) is 0 Å². The molecule has 0 bridgehead atoms. The quantitative estimate of drug-likeness (QED) is 0.783. The first-order valence-corrected chi connectivity index (χ1v) is 8.22. The first-order chi connectivity index (χ1) is 11.0. The smallest absolute Gasteiger partial charge is 0.236 e. The molecule has 0 radical (unpaired) electrons. The maximum Gasteiger partial charge on any atom is 0.236 e. The van der Waals surface area contributed by atoms with E-state index in [1.54, 1.807) is 4.90 Å². The van der Waals surface area contributed by atoms with Crippen LogP contribution in [0, 0.1) is 20.8 Å². The molecule has 136 valence electrons. The van der Waals surface area contributed by atoms with Gasteiger partial charge in [-0.3, -0.25) is 9.69 Å². The molecule has 1 aromatic rings. The second-order valence-electron chi connectivity index (χ2n) is 6.28. The van der Waals surface area contributed by atoms with Gasteiger partial charge in [-0.05, 0) is 31.9 Å². The fourth-order valence-electron chi connectivity index (χ4n) is 2.88. The zero-order valence-electron chi connectivity index (χ0n) is 15.1. The first kappa shape index (κ1) is 20.7. The van der Waals surface area contributed by atoms with Gasteiger partial charge in [0.1, 0.15) is 12.4 Å². The van der Waals surface area contributed by atoms with Crippen molar-refractivity contribution < 1.29 is 14.3 Å². The van der Waals surface area contributed by atoms with Crippen molar-refractivity contribution >= 4 is 18.3 Å². The van der Waals surface area contributed by atoms with Crippen molar-refractivity contribution in [2.45, 2.75) is 20.8 Å². The minimum atomic E-state index is 0. The summed E-state index contributed by atoms with van der Waals surface area (Å²) in [6.45, 7) is 10.9. The summed E-state index contributed by atoms with van der Waals surface area (Å²) in [7, 11) is 1.83. The van der Waals surface area contributed by atoms with Gasteiger partial charge in [0.15, 0.2) is 0 Å². The van der Waals surface area contributed by atoms with Gasteiger partial charge in [-0.25, -0.2) is 0 Å². The number of likely N-dealkylation sites (N-methyl/N-ethyl adjacent to an activating group) is 1. The fraction of sp³-hybridized carbons (Fsp3) is 0.611. The highest BCUT2D eigenvalue weighted by atomic mass is 35.5. The van der Waals surface area contributed by atoms with Crippen LogP contribution in [0.15, 0.2) is 12.1 Å². The lowest BCUT2D eigenvalue weighted by molar-refractivity contribution is -0.132. The molecule has 0 atom stereocenters. The van der Waals surface area contributed by atoms with E-state index >= 15 is 0 Å². The topological polar surface area (TPSA) is 42.0 Å². The van der Waals surface area contributed by atoms with E-state index < -0.39 is 0 Å². The maximum absolute atomic E-state index is 12.2. The number of hydrogen-bond donors (Lipinski definition) is 0. The van der Waals surface area contributed by atoms with E-state index in [2.05, 4.69) is 37.8 Å². The van der Waals surface area contributed by atoms with Gasteiger partial charge in [-0.15, -0.1) is 12.4 Å². The van der Waals surface area contributed by atoms with Crippen molar-refractivity contribution in [1.82, 2.24) is 9.80 Å². The third-order valence-corrected chi connectivity index (χ3v) is 4.17. The lowest BCUT2D eigenvalue weighted by Crippen LogP contribution is -2.44. The Hall–Kier alpha value is -1.30. The Balaban J connectivity index is 0.00000288. The largest absolute Gasteiger partial charge is 0.491 e. The van der Waals surface area contributed by atoms with E-state index in [4.69, 9.17) is 9.47 Å². The highest BCUT2D eigenvalue weighted by molar-refractivity contribution is 5.85. The van der Waals surface area contributed by atoms with Crippen LogP contribution in [0.2, 0.25) is 0 Å². The summed E-state index contributed by atoms with van der Waals surface area (Å²) in [6.07, 6.45) is 0. The molecule has 1 fully saturated rings. The second kappa shape index (κ2) is 9.87. The molecule has 1 amide bonds. The monoisotopic (exact) mass is 356 g/mol. The average Bonchev–Trinajstić information content (AvgIpc) is 2.50. The molecule has 1 heterocycles. The lowest BCUT2D eigenvalue weighted by atomic mass is 10.1. The van der Waals surface area contributed by atoms with E-state index in [0.717, 1.165) is 30.0 Å². The van der Waals surface area contributed by atoms with Crippen molar-refractivity contribution in [2.75, 3.05) is 53.0 Å². The van der Waals surface area contributed by atoms with E-state index in [9.17, 15) is 4.79 Å². The number of ether oxygens (including phenoxy) is 2. The van der Waals surface area contributed by atoms with Crippen LogP contribution in [0.4, 0.5) is 0 Å². The maximum atomic E-state index is 12.2. The van der Waals surface area contributed by atoms with Crippen LogP contribution in [-0.4, -0.2) is 68.8 Å². The van der Waals surface area contributed by atoms with Crippen LogP contribution in [0.3, 0.4) is 0 Å². The summed E-state index contributed by atoms with van der Waals surface area (Å²) in [4.78, 5) is 16.1. The van der Waals surface area contributed by atoms with Crippen LogP contribution in [0.25, 0.3) is 0 Å². The summed E-state index contributed by atoms with van der Waals surface area (Å²) >= 11 is 0. The molecule has 1 aliphatic heterocycles. The summed E-state index contributed by atoms with van der Waals surface area (Å²) in [5.74, 6) is 1.07. The molecule has 1 saturated heterocycles. The molecule has 0 aromatic heterocycles. The van der Waals surface area contributed by atoms with Crippen molar-refractivity contribution in [3.63, 3.8) is 0 Å². The Morgan fingerprint density at radius 1 is 1.21 bits per heavy atom. The van der Waals surface area contributed by atoms with E-state index in [-0.39, 0.29) is 18.3 Å². The molecule has 6 heteroatoms. The number of rotatable bonds is 6. The van der Waals surface area contributed by atoms with Gasteiger partial charge in [-0.2, -0.15) is 0 Å². The van der Waals surface area contributed by atoms with Crippen LogP contribution in [-0.2, 0) is 9.53 Å². The summed E-state index contributed by atoms with van der Waals surface area (Å²) < 4.78 is 11.2. The predicted molar refractivity (Wildman–Crippen MR) is 98.3 cm³/mol. The van der Waals surface area contributed by atoms with E-state index in [1.165, 1.54) is 5.56 Å². The SMILES string of the molecule is Cc1cc(C)c(OCCN(C)C(=O)CN2CCOCC2)c(C)c1.Cl. The van der Waals surface area contributed by atoms with Gasteiger partial charge >= 0.3 is 0 Å². The average molecular weight is 357 g/mol. The second-order valence-corrected chi connectivity index (χ2v) is 6.28. The third-order valence-electron chi connectivity index (χ3n) is 4.17. The van der Waals surface area contributed by atoms with Gasteiger partial charge in [0, 0.05) is 20.1 Å². The van der Waals surface area contributed by atoms with Crippen molar-refractivity contribution in [1.29, 1.82) is 0 Å². The van der Waals surface area contributed by atoms with Crippen molar-refractivity contribution in [3.05, 3.63) is 28.8 Å². The number of carbonyl (C=O) groups excluding carboxylic acids is 1. The molecule has 24 heavy (non-hydrogen) atoms. The fourth-order valence-corrected chi connectivity index (χ4v) is 2.88. The summed E-state index contributed by atoms with van der Waals surface area (Å²) in [5, 5.41) is 0. The highest BCUT2D eigenvalue weighted by Crippen LogP contribution is 2.24. The lowest BCUT2D eigenvalue weighted by Gasteiger charge is -2.28. The molecule has 0 aliphatic carbocycles. The van der Waals surface area contributed by atoms with Gasteiger partial charge in [0.05, 0.1) is 26.3 Å². The van der Waals surface area contributed by atoms with Crippen LogP contribution < -0.4 is 4.74 Å². The Morgan fingerprint density at radius 3 is 2.38 bits per heavy atom. The summed E-state index contributed by atoms with van der Waals surface area (Å²) in [6, 6.07) is 4.24. The molecule has 0 N–H and O–H groups in total. The number of amides is 1. The van der Waals surface area contributed by atoms with Crippen LogP contribution in [0.1, 0.15) is 16.7 Å². The van der Waals surface area contributed by atoms with Gasteiger partial charge < -0.3 is 14.4 Å². The minimum absolute atomic E-state index is 0. The van der Waals surface area contributed by atoms with E-state index in [1.807, 2.05) is 7.05 Å². The van der Waals surface area contributed by atoms with Gasteiger partial charge in [-0.1, -0.05) is 17.7 Å². The zero-order chi connectivity index (χ0) is 16.8. The Bertz CT molecular complexity index is 522. The predicted octanol–water partition coefficient (Wildman–Crippen LogP) is 2.20. The van der Waals surface area contributed by atoms with Crippen LogP contribution >= 0.6 is 12.4 Å². The number of benzene rings is 1. The van der Waals surface area contributed by atoms with Crippen molar-refractivity contribution in [2.24, 2.45) is 0 Å². The zero-order valence-corrected chi connectivity index (χ0v) is 15.9. The standard InChI is InChI=1S/C18H28N2O3.ClH/c1-14-11-15(2)18(16(3)12-14)23-10-5-19(4)17(21)13-20-6-8-22-9-7-20;/h11-12H,5-10,13H2,1-4H3;1H.